The fraction of sp³-hybridized carbons (Fsp3) is 0.391. The van der Waals surface area contributed by atoms with Crippen molar-refractivity contribution in [3.05, 3.63) is 64.1 Å². The van der Waals surface area contributed by atoms with Gasteiger partial charge < -0.3 is 15.0 Å². The lowest BCUT2D eigenvalue weighted by Crippen LogP contribution is -2.50. The smallest absolute Gasteiger partial charge is 0.261 e. The highest BCUT2D eigenvalue weighted by Crippen LogP contribution is 2.24. The number of carbonyl (C=O) groups excluding carboxylic acids is 2. The van der Waals surface area contributed by atoms with Crippen LogP contribution < -0.4 is 10.1 Å². The SMILES string of the molecule is CCCCNC(=O)[C@H](CC)N(Cc1ccccc1Cl)C(=O)COc1ccccc1Cl. The van der Waals surface area contributed by atoms with Gasteiger partial charge in [-0.05, 0) is 36.6 Å². The van der Waals surface area contributed by atoms with Crippen molar-refractivity contribution in [3.8, 4) is 5.75 Å². The molecule has 1 N–H and O–H groups in total. The van der Waals surface area contributed by atoms with E-state index in [0.29, 0.717) is 28.8 Å². The Kier molecular flexibility index (Phi) is 9.98. The number of halogens is 2. The molecule has 1 atom stereocenters. The van der Waals surface area contributed by atoms with E-state index >= 15 is 0 Å². The maximum atomic E-state index is 13.1. The van der Waals surface area contributed by atoms with Crippen LogP contribution >= 0.6 is 23.2 Å². The number of hydrogen-bond donors (Lipinski definition) is 1. The topological polar surface area (TPSA) is 58.6 Å². The summed E-state index contributed by atoms with van der Waals surface area (Å²) in [5, 5.41) is 3.89. The van der Waals surface area contributed by atoms with Crippen LogP contribution in [0.3, 0.4) is 0 Å². The summed E-state index contributed by atoms with van der Waals surface area (Å²) in [4.78, 5) is 27.4. The number of hydrogen-bond acceptors (Lipinski definition) is 3. The van der Waals surface area contributed by atoms with E-state index in [1.165, 1.54) is 4.90 Å². The van der Waals surface area contributed by atoms with Gasteiger partial charge in [0.15, 0.2) is 6.61 Å². The number of unbranched alkanes of at least 4 members (excludes halogenated alkanes) is 1. The van der Waals surface area contributed by atoms with Gasteiger partial charge in [-0.1, -0.05) is 73.8 Å². The molecular formula is C23H28Cl2N2O3. The molecule has 2 aromatic rings. The summed E-state index contributed by atoms with van der Waals surface area (Å²) in [5.41, 5.74) is 0.769. The maximum Gasteiger partial charge on any atom is 0.261 e. The average molecular weight is 451 g/mol. The average Bonchev–Trinajstić information content (AvgIpc) is 2.74. The van der Waals surface area contributed by atoms with Gasteiger partial charge in [0.25, 0.3) is 5.91 Å². The minimum Gasteiger partial charge on any atom is -0.482 e. The van der Waals surface area contributed by atoms with Crippen molar-refractivity contribution in [2.45, 2.75) is 45.7 Å². The number of rotatable bonds is 11. The molecule has 7 heteroatoms. The van der Waals surface area contributed by atoms with Crippen LogP contribution in [0.15, 0.2) is 48.5 Å². The molecule has 30 heavy (non-hydrogen) atoms. The van der Waals surface area contributed by atoms with Crippen molar-refractivity contribution in [2.24, 2.45) is 0 Å². The highest BCUT2D eigenvalue weighted by molar-refractivity contribution is 6.32. The zero-order valence-corrected chi connectivity index (χ0v) is 18.9. The third-order valence-corrected chi connectivity index (χ3v) is 5.38. The molecule has 0 aliphatic carbocycles. The predicted molar refractivity (Wildman–Crippen MR) is 121 cm³/mol. The second-order valence-corrected chi connectivity index (χ2v) is 7.72. The molecule has 5 nitrogen and oxygen atoms in total. The van der Waals surface area contributed by atoms with Gasteiger partial charge in [-0.15, -0.1) is 0 Å². The number of benzene rings is 2. The van der Waals surface area contributed by atoms with Crippen LogP contribution in [0.4, 0.5) is 0 Å². The van der Waals surface area contributed by atoms with Crippen LogP contribution in [-0.2, 0) is 16.1 Å². The summed E-state index contributed by atoms with van der Waals surface area (Å²) in [6, 6.07) is 13.6. The number of carbonyl (C=O) groups is 2. The van der Waals surface area contributed by atoms with Gasteiger partial charge in [-0.2, -0.15) is 0 Å². The second kappa shape index (κ2) is 12.5. The fourth-order valence-electron chi connectivity index (χ4n) is 3.02. The number of nitrogens with one attached hydrogen (secondary N) is 1. The Hall–Kier alpha value is -2.24. The Morgan fingerprint density at radius 2 is 1.70 bits per heavy atom. The van der Waals surface area contributed by atoms with Crippen molar-refractivity contribution >= 4 is 35.0 Å². The molecule has 2 aromatic carbocycles. The first kappa shape index (κ1) is 24.0. The van der Waals surface area contributed by atoms with Gasteiger partial charge in [-0.25, -0.2) is 0 Å². The molecule has 0 radical (unpaired) electrons. The van der Waals surface area contributed by atoms with E-state index in [9.17, 15) is 9.59 Å². The molecule has 2 amide bonds. The van der Waals surface area contributed by atoms with Crippen LogP contribution in [0.5, 0.6) is 5.75 Å². The molecule has 0 bridgehead atoms. The molecule has 0 aromatic heterocycles. The third kappa shape index (κ3) is 6.92. The van der Waals surface area contributed by atoms with Crippen molar-refractivity contribution in [1.29, 1.82) is 0 Å². The molecule has 162 valence electrons. The highest BCUT2D eigenvalue weighted by atomic mass is 35.5. The lowest BCUT2D eigenvalue weighted by molar-refractivity contribution is -0.143. The van der Waals surface area contributed by atoms with E-state index in [1.54, 1.807) is 30.3 Å². The fourth-order valence-corrected chi connectivity index (χ4v) is 3.41. The first-order valence-electron chi connectivity index (χ1n) is 10.2. The molecule has 0 unspecified atom stereocenters. The lowest BCUT2D eigenvalue weighted by Gasteiger charge is -2.31. The molecule has 0 spiro atoms. The summed E-state index contributed by atoms with van der Waals surface area (Å²) in [5.74, 6) is -0.0675. The largest absolute Gasteiger partial charge is 0.482 e. The molecule has 0 aliphatic heterocycles. The quantitative estimate of drug-likeness (QED) is 0.484. The van der Waals surface area contributed by atoms with E-state index in [0.717, 1.165) is 18.4 Å². The third-order valence-electron chi connectivity index (χ3n) is 4.70. The molecule has 0 fully saturated rings. The minimum atomic E-state index is -0.625. The van der Waals surface area contributed by atoms with Crippen LogP contribution in [-0.4, -0.2) is 35.9 Å². The van der Waals surface area contributed by atoms with Gasteiger partial charge in [0.2, 0.25) is 5.91 Å². The summed E-state index contributed by atoms with van der Waals surface area (Å²) in [6.45, 7) is 4.50. The van der Waals surface area contributed by atoms with Crippen LogP contribution in [0.2, 0.25) is 10.0 Å². The number of amides is 2. The van der Waals surface area contributed by atoms with Gasteiger partial charge in [0, 0.05) is 18.1 Å². The Morgan fingerprint density at radius 1 is 1.03 bits per heavy atom. The van der Waals surface area contributed by atoms with E-state index in [4.69, 9.17) is 27.9 Å². The first-order valence-corrected chi connectivity index (χ1v) is 10.9. The highest BCUT2D eigenvalue weighted by Gasteiger charge is 2.29. The zero-order chi connectivity index (χ0) is 21.9. The number of ether oxygens (including phenoxy) is 1. The Bertz CT molecular complexity index is 845. The van der Waals surface area contributed by atoms with Crippen LogP contribution in [0.1, 0.15) is 38.7 Å². The van der Waals surface area contributed by atoms with E-state index in [2.05, 4.69) is 12.2 Å². The number of para-hydroxylation sites is 1. The first-order chi connectivity index (χ1) is 14.5. The molecular weight excluding hydrogens is 423 g/mol. The Morgan fingerprint density at radius 3 is 2.33 bits per heavy atom. The Labute approximate surface area is 188 Å². The van der Waals surface area contributed by atoms with E-state index in [-0.39, 0.29) is 25.0 Å². The number of nitrogens with zero attached hydrogens (tertiary/aromatic N) is 1. The monoisotopic (exact) mass is 450 g/mol. The summed E-state index contributed by atoms with van der Waals surface area (Å²) < 4.78 is 5.63. The van der Waals surface area contributed by atoms with E-state index in [1.807, 2.05) is 25.1 Å². The van der Waals surface area contributed by atoms with Gasteiger partial charge in [0.05, 0.1) is 5.02 Å². The van der Waals surface area contributed by atoms with Crippen molar-refractivity contribution in [3.63, 3.8) is 0 Å². The standard InChI is InChI=1S/C23H28Cl2N2O3/c1-3-5-14-26-23(29)20(4-2)27(15-17-10-6-7-11-18(17)24)22(28)16-30-21-13-9-8-12-19(21)25/h6-13,20H,3-5,14-16H2,1-2H3,(H,26,29)/t20-/m0/s1. The second-order valence-electron chi connectivity index (χ2n) is 6.90. The van der Waals surface area contributed by atoms with Gasteiger partial charge in [0.1, 0.15) is 11.8 Å². The van der Waals surface area contributed by atoms with Gasteiger partial charge in [-0.3, -0.25) is 9.59 Å². The van der Waals surface area contributed by atoms with Crippen LogP contribution in [0.25, 0.3) is 0 Å². The summed E-state index contributed by atoms with van der Waals surface area (Å²) in [6.07, 6.45) is 2.33. The van der Waals surface area contributed by atoms with Crippen molar-refractivity contribution in [2.75, 3.05) is 13.2 Å². The molecule has 0 saturated heterocycles. The lowest BCUT2D eigenvalue weighted by atomic mass is 10.1. The molecule has 0 saturated carbocycles. The minimum absolute atomic E-state index is 0.177. The molecule has 2 rings (SSSR count). The van der Waals surface area contributed by atoms with E-state index < -0.39 is 6.04 Å². The van der Waals surface area contributed by atoms with Gasteiger partial charge >= 0.3 is 0 Å². The molecule has 0 aliphatic rings. The molecule has 0 heterocycles. The normalized spacial score (nSPS) is 11.6. The van der Waals surface area contributed by atoms with Crippen molar-refractivity contribution in [1.82, 2.24) is 10.2 Å². The zero-order valence-electron chi connectivity index (χ0n) is 17.4. The summed E-state index contributed by atoms with van der Waals surface area (Å²) in [7, 11) is 0. The maximum absolute atomic E-state index is 13.1. The van der Waals surface area contributed by atoms with Crippen LogP contribution in [0, 0.1) is 0 Å². The summed E-state index contributed by atoms with van der Waals surface area (Å²) >= 11 is 12.4. The van der Waals surface area contributed by atoms with Crippen molar-refractivity contribution < 1.29 is 14.3 Å². The Balaban J connectivity index is 2.20. The predicted octanol–water partition coefficient (Wildman–Crippen LogP) is 5.10.